The van der Waals surface area contributed by atoms with Gasteiger partial charge in [-0.25, -0.2) is 9.18 Å². The largest absolute Gasteiger partial charge is 0.492 e. The first-order valence-corrected chi connectivity index (χ1v) is 12.0. The normalized spacial score (nSPS) is 21.1. The Bertz CT molecular complexity index is 1050. The lowest BCUT2D eigenvalue weighted by atomic mass is 10.1. The van der Waals surface area contributed by atoms with E-state index < -0.39 is 29.6 Å². The molecule has 2 N–H and O–H groups in total. The van der Waals surface area contributed by atoms with Gasteiger partial charge in [0.05, 0.1) is 5.56 Å². The second-order valence-electron chi connectivity index (χ2n) is 9.28. The van der Waals surface area contributed by atoms with Crippen LogP contribution in [0.5, 0.6) is 5.75 Å². The summed E-state index contributed by atoms with van der Waals surface area (Å²) in [5, 5.41) is 12.7. The molecule has 0 bridgehead atoms. The maximum Gasteiger partial charge on any atom is 0.416 e. The summed E-state index contributed by atoms with van der Waals surface area (Å²) < 4.78 is 63.8. The van der Waals surface area contributed by atoms with Crippen LogP contribution < -0.4 is 10.1 Å². The van der Waals surface area contributed by atoms with Crippen molar-refractivity contribution in [2.75, 3.05) is 32.8 Å². The third-order valence-corrected chi connectivity index (χ3v) is 6.78. The van der Waals surface area contributed by atoms with Gasteiger partial charge in [-0.15, -0.1) is 24.8 Å². The fourth-order valence-electron chi connectivity index (χ4n) is 4.91. The number of piperidine rings is 1. The quantitative estimate of drug-likeness (QED) is 0.276. The number of benzene rings is 2. The minimum absolute atomic E-state index is 0. The van der Waals surface area contributed by atoms with Crippen LogP contribution in [0.25, 0.3) is 0 Å². The van der Waals surface area contributed by atoms with Crippen LogP contribution in [0.1, 0.15) is 23.6 Å². The van der Waals surface area contributed by atoms with E-state index in [4.69, 9.17) is 9.47 Å². The zero-order valence-corrected chi connectivity index (χ0v) is 22.4. The van der Waals surface area contributed by atoms with Gasteiger partial charge in [-0.1, -0.05) is 12.1 Å². The molecule has 2 aliphatic rings. The lowest BCUT2D eigenvalue weighted by Gasteiger charge is -2.21. The van der Waals surface area contributed by atoms with Gasteiger partial charge in [0, 0.05) is 50.8 Å². The fourth-order valence-corrected chi connectivity index (χ4v) is 4.91. The third-order valence-electron chi connectivity index (χ3n) is 6.78. The number of carboxylic acids is 1. The lowest BCUT2D eigenvalue weighted by molar-refractivity contribution is -0.150. The van der Waals surface area contributed by atoms with E-state index in [2.05, 4.69) is 5.32 Å². The Morgan fingerprint density at radius 2 is 1.79 bits per heavy atom. The zero-order valence-electron chi connectivity index (χ0n) is 20.7. The van der Waals surface area contributed by atoms with Gasteiger partial charge in [-0.3, -0.25) is 4.90 Å². The number of likely N-dealkylation sites (tertiary alicyclic amines) is 1. The predicted octanol–water partition coefficient (Wildman–Crippen LogP) is 4.82. The molecule has 1 saturated carbocycles. The predicted molar refractivity (Wildman–Crippen MR) is 139 cm³/mol. The molecule has 0 radical (unpaired) electrons. The number of hydrogen-bond donors (Lipinski definition) is 2. The van der Waals surface area contributed by atoms with Crippen LogP contribution in [-0.4, -0.2) is 61.0 Å². The van der Waals surface area contributed by atoms with E-state index in [0.717, 1.165) is 36.9 Å². The van der Waals surface area contributed by atoms with Crippen molar-refractivity contribution in [3.05, 3.63) is 65.0 Å². The van der Waals surface area contributed by atoms with Gasteiger partial charge in [-0.2, -0.15) is 13.2 Å². The molecule has 12 heteroatoms. The minimum Gasteiger partial charge on any atom is -0.492 e. The molecule has 1 heterocycles. The number of carbonyl (C=O) groups is 1. The zero-order chi connectivity index (χ0) is 25.9. The van der Waals surface area contributed by atoms with Crippen molar-refractivity contribution in [3.8, 4) is 5.75 Å². The van der Waals surface area contributed by atoms with Gasteiger partial charge in [0.15, 0.2) is 6.10 Å². The molecule has 0 aromatic heterocycles. The number of hydrogen-bond acceptors (Lipinski definition) is 5. The number of ether oxygens (including phenoxy) is 2. The van der Waals surface area contributed by atoms with Gasteiger partial charge in [0.25, 0.3) is 0 Å². The van der Waals surface area contributed by atoms with Crippen molar-refractivity contribution in [1.29, 1.82) is 0 Å². The van der Waals surface area contributed by atoms with E-state index in [1.807, 2.05) is 17.0 Å². The van der Waals surface area contributed by atoms with E-state index in [0.29, 0.717) is 43.4 Å². The molecule has 1 aliphatic carbocycles. The van der Waals surface area contributed by atoms with E-state index in [1.54, 1.807) is 19.1 Å². The van der Waals surface area contributed by atoms with Crippen molar-refractivity contribution >= 4 is 30.8 Å². The summed E-state index contributed by atoms with van der Waals surface area (Å²) in [7, 11) is 0. The molecule has 38 heavy (non-hydrogen) atoms. The molecule has 2 aromatic rings. The standard InChI is InChI=1S/C26H30F4N2O4.2ClH/c1-2-35-23(25(33)34)11-16-3-6-19(7-4-16)36-10-9-31-24-20-14-32(15-21(20)24)13-17-12-18(26(28,29)30)5-8-22(17)27;;/h3-8,12,20-21,23-24,31H,2,9-11,13-15H2,1H3,(H,33,34);2*1H/t20-,21?,23-,24?;;/m0../s1. The Hall–Kier alpha value is -2.11. The van der Waals surface area contributed by atoms with E-state index in [-0.39, 0.29) is 43.3 Å². The third kappa shape index (κ3) is 8.19. The van der Waals surface area contributed by atoms with Crippen LogP contribution in [0.3, 0.4) is 0 Å². The molecular weight excluding hydrogens is 551 g/mol. The Morgan fingerprint density at radius 1 is 1.13 bits per heavy atom. The van der Waals surface area contributed by atoms with Crippen molar-refractivity contribution in [2.45, 2.75) is 38.2 Å². The maximum absolute atomic E-state index is 14.0. The number of carboxylic acid groups (broad SMARTS) is 1. The second-order valence-corrected chi connectivity index (χ2v) is 9.28. The molecule has 1 aliphatic heterocycles. The highest BCUT2D eigenvalue weighted by Crippen LogP contribution is 2.46. The highest BCUT2D eigenvalue weighted by Gasteiger charge is 2.55. The molecular formula is C26H32Cl2F4N2O4. The second kappa shape index (κ2) is 13.8. The van der Waals surface area contributed by atoms with Gasteiger partial charge in [-0.05, 0) is 54.7 Å². The van der Waals surface area contributed by atoms with Gasteiger partial charge in [0.2, 0.25) is 0 Å². The molecule has 6 nitrogen and oxygen atoms in total. The molecule has 0 amide bonds. The molecule has 1 saturated heterocycles. The van der Waals surface area contributed by atoms with Crippen LogP contribution in [0.2, 0.25) is 0 Å². The number of nitrogens with zero attached hydrogens (tertiary/aromatic N) is 1. The smallest absolute Gasteiger partial charge is 0.416 e. The summed E-state index contributed by atoms with van der Waals surface area (Å²) >= 11 is 0. The van der Waals surface area contributed by atoms with Crippen molar-refractivity contribution in [1.82, 2.24) is 10.2 Å². The fraction of sp³-hybridized carbons (Fsp3) is 0.500. The Morgan fingerprint density at radius 3 is 2.37 bits per heavy atom. The first-order valence-electron chi connectivity index (χ1n) is 12.0. The summed E-state index contributed by atoms with van der Waals surface area (Å²) in [6.07, 6.45) is -5.07. The molecule has 4 rings (SSSR count). The van der Waals surface area contributed by atoms with E-state index >= 15 is 0 Å². The highest BCUT2D eigenvalue weighted by molar-refractivity contribution is 5.85. The molecule has 212 valence electrons. The van der Waals surface area contributed by atoms with Gasteiger partial charge < -0.3 is 19.9 Å². The van der Waals surface area contributed by atoms with Crippen LogP contribution in [0.15, 0.2) is 42.5 Å². The summed E-state index contributed by atoms with van der Waals surface area (Å²) in [4.78, 5) is 13.2. The summed E-state index contributed by atoms with van der Waals surface area (Å²) in [5.74, 6) is -0.0936. The van der Waals surface area contributed by atoms with E-state index in [1.165, 1.54) is 0 Å². The van der Waals surface area contributed by atoms with Crippen LogP contribution >= 0.6 is 24.8 Å². The topological polar surface area (TPSA) is 71.0 Å². The summed E-state index contributed by atoms with van der Waals surface area (Å²) in [6, 6.07) is 10.2. The van der Waals surface area contributed by atoms with Gasteiger partial charge >= 0.3 is 12.1 Å². The van der Waals surface area contributed by atoms with Gasteiger partial charge in [0.1, 0.15) is 18.2 Å². The van der Waals surface area contributed by atoms with E-state index in [9.17, 15) is 27.5 Å². The first kappa shape index (κ1) is 32.1. The Kier molecular flexibility index (Phi) is 11.7. The maximum atomic E-state index is 14.0. The van der Waals surface area contributed by atoms with Crippen LogP contribution in [-0.2, 0) is 28.7 Å². The molecule has 2 unspecified atom stereocenters. The summed E-state index contributed by atoms with van der Waals surface area (Å²) in [5.41, 5.74) is 0.0977. The number of alkyl halides is 3. The first-order chi connectivity index (χ1) is 17.2. The number of fused-ring (bicyclic) bond motifs is 1. The van der Waals surface area contributed by atoms with Crippen molar-refractivity contribution in [2.24, 2.45) is 11.8 Å². The summed E-state index contributed by atoms with van der Waals surface area (Å²) in [6.45, 7) is 4.82. The Balaban J connectivity index is 0.00000253. The number of aliphatic carboxylic acids is 1. The van der Waals surface area contributed by atoms with Crippen LogP contribution in [0.4, 0.5) is 17.6 Å². The highest BCUT2D eigenvalue weighted by atomic mass is 35.5. The molecule has 4 atom stereocenters. The van der Waals surface area contributed by atoms with Crippen LogP contribution in [0, 0.1) is 17.7 Å². The lowest BCUT2D eigenvalue weighted by Crippen LogP contribution is -2.33. The Labute approximate surface area is 231 Å². The van der Waals surface area contributed by atoms with Crippen molar-refractivity contribution < 1.29 is 36.9 Å². The minimum atomic E-state index is -4.48. The average Bonchev–Trinajstić information content (AvgIpc) is 3.27. The van der Waals surface area contributed by atoms with Crippen molar-refractivity contribution in [3.63, 3.8) is 0 Å². The SMILES string of the molecule is CCO[C@@H](Cc1ccc(OCCNC2C3CN(Cc4cc(C(F)(F)F)ccc4F)C[C@@H]32)cc1)C(=O)O.Cl.Cl. The molecule has 2 fully saturated rings. The number of halogens is 6. The molecule has 2 aromatic carbocycles. The molecule has 0 spiro atoms. The number of nitrogens with one attached hydrogen (secondary N) is 1. The average molecular weight is 583 g/mol. The number of rotatable bonds is 12. The monoisotopic (exact) mass is 582 g/mol.